The number of hydrogen-bond acceptors (Lipinski definition) is 2. The van der Waals surface area contributed by atoms with Gasteiger partial charge in [-0.25, -0.2) is 0 Å². The average Bonchev–Trinajstić information content (AvgIpc) is 2.40. The molecule has 22 heavy (non-hydrogen) atoms. The van der Waals surface area contributed by atoms with Crippen LogP contribution in [-0.4, -0.2) is 29.5 Å². The number of hydrogen-bond donors (Lipinski definition) is 0. The summed E-state index contributed by atoms with van der Waals surface area (Å²) in [5.74, 6) is 7.04. The Balaban J connectivity index is 3.53. The van der Waals surface area contributed by atoms with Crippen LogP contribution in [0.4, 0.5) is 0 Å². The summed E-state index contributed by atoms with van der Waals surface area (Å²) in [5.41, 5.74) is 8.71. The molecule has 0 amide bonds. The Hall–Kier alpha value is -1.76. The molecular formula is C18H24O2Si2. The van der Waals surface area contributed by atoms with Crippen molar-refractivity contribution in [2.75, 3.05) is 7.11 Å². The molecule has 4 heteroatoms. The molecular weight excluding hydrogens is 304 g/mol. The number of methoxy groups -OCH3 is 1. The van der Waals surface area contributed by atoms with E-state index in [0.717, 1.165) is 17.4 Å². The van der Waals surface area contributed by atoms with E-state index in [1.54, 1.807) is 19.2 Å². The number of carbonyl (C=O) groups is 1. The molecule has 1 aromatic carbocycles. The highest BCUT2D eigenvalue weighted by molar-refractivity contribution is 6.84. The van der Waals surface area contributed by atoms with E-state index in [4.69, 9.17) is 4.74 Å². The molecule has 0 aromatic heterocycles. The largest absolute Gasteiger partial charge is 0.494 e. The zero-order valence-corrected chi connectivity index (χ0v) is 16.5. The number of aldehydes is 1. The standard InChI is InChI=1S/C18H24O2Si2/c1-20-18-16(8-10-21(2,3)4)12-15(14-19)13-17(18)9-11-22(5,6)7/h12-14H,1-7H3. The number of ether oxygens (including phenoxy) is 1. The first-order valence-electron chi connectivity index (χ1n) is 7.29. The molecule has 0 fully saturated rings. The maximum absolute atomic E-state index is 11.2. The van der Waals surface area contributed by atoms with E-state index in [0.29, 0.717) is 11.3 Å². The first-order chi connectivity index (χ1) is 10.1. The van der Waals surface area contributed by atoms with Crippen molar-refractivity contribution in [3.8, 4) is 28.7 Å². The van der Waals surface area contributed by atoms with Crippen LogP contribution in [0.2, 0.25) is 39.3 Å². The van der Waals surface area contributed by atoms with Gasteiger partial charge in [-0.2, -0.15) is 0 Å². The van der Waals surface area contributed by atoms with Crippen LogP contribution < -0.4 is 4.74 Å². The Bertz CT molecular complexity index is 631. The second-order valence-electron chi connectivity index (χ2n) is 7.27. The second kappa shape index (κ2) is 7.00. The first kappa shape index (κ1) is 18.3. The summed E-state index contributed by atoms with van der Waals surface area (Å²) in [6, 6.07) is 3.55. The maximum Gasteiger partial charge on any atom is 0.150 e. The molecule has 1 aromatic rings. The van der Waals surface area contributed by atoms with E-state index >= 15 is 0 Å². The van der Waals surface area contributed by atoms with Crippen molar-refractivity contribution in [3.63, 3.8) is 0 Å². The van der Waals surface area contributed by atoms with Crippen LogP contribution >= 0.6 is 0 Å². The smallest absolute Gasteiger partial charge is 0.150 e. The van der Waals surface area contributed by atoms with E-state index in [-0.39, 0.29) is 0 Å². The van der Waals surface area contributed by atoms with Crippen LogP contribution in [0.25, 0.3) is 0 Å². The van der Waals surface area contributed by atoms with E-state index in [2.05, 4.69) is 62.2 Å². The molecule has 0 saturated carbocycles. The fraction of sp³-hybridized carbons (Fsp3) is 0.389. The molecule has 0 bridgehead atoms. The van der Waals surface area contributed by atoms with Crippen LogP contribution in [0.3, 0.4) is 0 Å². The van der Waals surface area contributed by atoms with Crippen molar-refractivity contribution in [1.82, 2.24) is 0 Å². The summed E-state index contributed by atoms with van der Waals surface area (Å²) in [4.78, 5) is 11.2. The van der Waals surface area contributed by atoms with E-state index in [1.165, 1.54) is 0 Å². The highest BCUT2D eigenvalue weighted by Gasteiger charge is 2.13. The van der Waals surface area contributed by atoms with Gasteiger partial charge in [-0.15, -0.1) is 11.1 Å². The third kappa shape index (κ3) is 5.93. The Labute approximate surface area is 136 Å². The van der Waals surface area contributed by atoms with E-state index in [1.807, 2.05) is 0 Å². The molecule has 0 spiro atoms. The van der Waals surface area contributed by atoms with Crippen molar-refractivity contribution >= 4 is 22.4 Å². The molecule has 1 rings (SSSR count). The second-order valence-corrected chi connectivity index (χ2v) is 16.8. The highest BCUT2D eigenvalue weighted by Crippen LogP contribution is 2.24. The summed E-state index contributed by atoms with van der Waals surface area (Å²) in [6.07, 6.45) is 0.832. The molecule has 116 valence electrons. The summed E-state index contributed by atoms with van der Waals surface area (Å²) in [6.45, 7) is 13.1. The van der Waals surface area contributed by atoms with Crippen LogP contribution in [0.1, 0.15) is 21.5 Å². The number of carbonyl (C=O) groups excluding carboxylic acids is 1. The lowest BCUT2D eigenvalue weighted by Gasteiger charge is -2.10. The van der Waals surface area contributed by atoms with Crippen molar-refractivity contribution < 1.29 is 9.53 Å². The van der Waals surface area contributed by atoms with E-state index in [9.17, 15) is 4.79 Å². The molecule has 0 N–H and O–H groups in total. The maximum atomic E-state index is 11.2. The molecule has 0 aliphatic carbocycles. The highest BCUT2D eigenvalue weighted by atomic mass is 28.3. The van der Waals surface area contributed by atoms with Gasteiger partial charge in [0.25, 0.3) is 0 Å². The van der Waals surface area contributed by atoms with Gasteiger partial charge in [0.1, 0.15) is 28.2 Å². The lowest BCUT2D eigenvalue weighted by atomic mass is 10.1. The molecule has 0 radical (unpaired) electrons. The van der Waals surface area contributed by atoms with Crippen LogP contribution in [0.15, 0.2) is 12.1 Å². The van der Waals surface area contributed by atoms with Gasteiger partial charge < -0.3 is 4.74 Å². The van der Waals surface area contributed by atoms with Crippen molar-refractivity contribution in [1.29, 1.82) is 0 Å². The summed E-state index contributed by atoms with van der Waals surface area (Å²) < 4.78 is 5.52. The molecule has 0 aliphatic rings. The van der Waals surface area contributed by atoms with Crippen LogP contribution in [0, 0.1) is 22.9 Å². The minimum Gasteiger partial charge on any atom is -0.494 e. The SMILES string of the molecule is COc1c(C#C[Si](C)(C)C)cc(C=O)cc1C#C[Si](C)(C)C. The van der Waals surface area contributed by atoms with Crippen molar-refractivity contribution in [3.05, 3.63) is 28.8 Å². The van der Waals surface area contributed by atoms with Crippen LogP contribution in [0.5, 0.6) is 5.75 Å². The number of rotatable bonds is 2. The predicted octanol–water partition coefficient (Wildman–Crippen LogP) is 3.97. The third-order valence-corrected chi connectivity index (χ3v) is 4.35. The van der Waals surface area contributed by atoms with Gasteiger partial charge in [-0.1, -0.05) is 51.1 Å². The molecule has 0 atom stereocenters. The van der Waals surface area contributed by atoms with Gasteiger partial charge in [0.05, 0.1) is 18.2 Å². The van der Waals surface area contributed by atoms with Gasteiger partial charge in [0.2, 0.25) is 0 Å². The Morgan fingerprint density at radius 3 is 1.59 bits per heavy atom. The monoisotopic (exact) mass is 328 g/mol. The molecule has 0 aliphatic heterocycles. The minimum atomic E-state index is -1.50. The van der Waals surface area contributed by atoms with Crippen molar-refractivity contribution in [2.45, 2.75) is 39.3 Å². The Morgan fingerprint density at radius 1 is 0.909 bits per heavy atom. The normalized spacial score (nSPS) is 10.9. The molecule has 0 heterocycles. The lowest BCUT2D eigenvalue weighted by Crippen LogP contribution is -2.16. The van der Waals surface area contributed by atoms with Crippen LogP contribution in [-0.2, 0) is 0 Å². The Kier molecular flexibility index (Phi) is 5.82. The van der Waals surface area contributed by atoms with Gasteiger partial charge in [0.15, 0.2) is 0 Å². The van der Waals surface area contributed by atoms with Gasteiger partial charge in [-0.3, -0.25) is 4.79 Å². The quantitative estimate of drug-likeness (QED) is 0.466. The minimum absolute atomic E-state index is 0.584. The average molecular weight is 329 g/mol. The predicted molar refractivity (Wildman–Crippen MR) is 98.8 cm³/mol. The molecule has 0 unspecified atom stereocenters. The fourth-order valence-electron chi connectivity index (χ4n) is 1.63. The van der Waals surface area contributed by atoms with Crippen molar-refractivity contribution in [2.24, 2.45) is 0 Å². The van der Waals surface area contributed by atoms with E-state index < -0.39 is 16.1 Å². The topological polar surface area (TPSA) is 26.3 Å². The summed E-state index contributed by atoms with van der Waals surface area (Å²) in [7, 11) is -1.39. The zero-order chi connectivity index (χ0) is 17.0. The van der Waals surface area contributed by atoms with Gasteiger partial charge in [-0.05, 0) is 12.1 Å². The third-order valence-electron chi connectivity index (χ3n) is 2.60. The fourth-order valence-corrected chi connectivity index (χ4v) is 2.65. The zero-order valence-electron chi connectivity index (χ0n) is 14.5. The molecule has 2 nitrogen and oxygen atoms in total. The number of benzene rings is 1. The van der Waals surface area contributed by atoms with Gasteiger partial charge in [0, 0.05) is 5.56 Å². The summed E-state index contributed by atoms with van der Waals surface area (Å²) >= 11 is 0. The summed E-state index contributed by atoms with van der Waals surface area (Å²) in [5, 5.41) is 0. The first-order valence-corrected chi connectivity index (χ1v) is 14.3. The Morgan fingerprint density at radius 2 is 1.32 bits per heavy atom. The lowest BCUT2D eigenvalue weighted by molar-refractivity contribution is 0.112. The van der Waals surface area contributed by atoms with Gasteiger partial charge >= 0.3 is 0 Å². The molecule has 0 saturated heterocycles.